The molecule has 0 aliphatic carbocycles. The van der Waals surface area contributed by atoms with Crippen LogP contribution in [0.1, 0.15) is 18.2 Å². The molecule has 1 N–H and O–H groups in total. The van der Waals surface area contributed by atoms with Gasteiger partial charge in [-0.05, 0) is 6.92 Å². The van der Waals surface area contributed by atoms with Crippen molar-refractivity contribution in [2.75, 3.05) is 44.3 Å². The van der Waals surface area contributed by atoms with Crippen molar-refractivity contribution in [2.24, 2.45) is 0 Å². The number of ether oxygens (including phenoxy) is 1. The lowest BCUT2D eigenvalue weighted by Gasteiger charge is -2.34. The van der Waals surface area contributed by atoms with Gasteiger partial charge in [0.1, 0.15) is 5.82 Å². The van der Waals surface area contributed by atoms with Gasteiger partial charge < -0.3 is 19.9 Å². The van der Waals surface area contributed by atoms with Crippen molar-refractivity contribution in [2.45, 2.75) is 19.9 Å². The van der Waals surface area contributed by atoms with Crippen LogP contribution in [0.3, 0.4) is 0 Å². The van der Waals surface area contributed by atoms with Crippen LogP contribution >= 0.6 is 0 Å². The predicted molar refractivity (Wildman–Crippen MR) is 104 cm³/mol. The summed E-state index contributed by atoms with van der Waals surface area (Å²) in [5, 5.41) is 2.89. The molecule has 2 aliphatic rings. The minimum Gasteiger partial charge on any atom is -0.378 e. The fraction of sp³-hybridized carbons (Fsp3) is 0.450. The van der Waals surface area contributed by atoms with Gasteiger partial charge in [0.15, 0.2) is 5.82 Å². The summed E-state index contributed by atoms with van der Waals surface area (Å²) in [6.07, 6.45) is 0.742. The van der Waals surface area contributed by atoms with Crippen molar-refractivity contribution in [3.63, 3.8) is 0 Å². The summed E-state index contributed by atoms with van der Waals surface area (Å²) in [4.78, 5) is 26.2. The zero-order chi connectivity index (χ0) is 18.6. The van der Waals surface area contributed by atoms with Crippen molar-refractivity contribution >= 4 is 11.8 Å². The fourth-order valence-electron chi connectivity index (χ4n) is 3.59. The summed E-state index contributed by atoms with van der Waals surface area (Å²) in [6, 6.07) is 10.0. The monoisotopic (exact) mass is 367 g/mol. The number of hydrogen-bond donors (Lipinski definition) is 1. The third-order valence-corrected chi connectivity index (χ3v) is 5.00. The molecule has 2 aromatic rings. The number of urea groups is 1. The van der Waals surface area contributed by atoms with Gasteiger partial charge in [-0.2, -0.15) is 0 Å². The Morgan fingerprint density at radius 2 is 1.93 bits per heavy atom. The number of fused-ring (bicyclic) bond motifs is 1. The smallest absolute Gasteiger partial charge is 0.317 e. The number of carbonyl (C=O) groups excluding carboxylic acids is 1. The summed E-state index contributed by atoms with van der Waals surface area (Å²) >= 11 is 0. The second kappa shape index (κ2) is 7.92. The minimum absolute atomic E-state index is 0.0248. The van der Waals surface area contributed by atoms with E-state index in [1.165, 1.54) is 0 Å². The molecule has 0 bridgehead atoms. The van der Waals surface area contributed by atoms with Gasteiger partial charge in [0.05, 0.1) is 25.5 Å². The molecule has 0 radical (unpaired) electrons. The number of hydrogen-bond acceptors (Lipinski definition) is 5. The highest BCUT2D eigenvalue weighted by atomic mass is 16.5. The Morgan fingerprint density at radius 3 is 2.67 bits per heavy atom. The van der Waals surface area contributed by atoms with Gasteiger partial charge in [0, 0.05) is 43.7 Å². The molecule has 1 fully saturated rings. The first-order valence-electron chi connectivity index (χ1n) is 9.57. The summed E-state index contributed by atoms with van der Waals surface area (Å²) in [5.41, 5.74) is 3.13. The maximum absolute atomic E-state index is 12.3. The zero-order valence-corrected chi connectivity index (χ0v) is 15.6. The number of carbonyl (C=O) groups is 1. The Kier molecular flexibility index (Phi) is 5.20. The first-order valence-corrected chi connectivity index (χ1v) is 9.57. The lowest BCUT2D eigenvalue weighted by atomic mass is 10.0. The Bertz CT molecular complexity index is 806. The van der Waals surface area contributed by atoms with Crippen LogP contribution in [0.25, 0.3) is 11.4 Å². The third kappa shape index (κ3) is 3.73. The Morgan fingerprint density at radius 1 is 1.15 bits per heavy atom. The number of morpholine rings is 1. The molecule has 2 aliphatic heterocycles. The number of anilines is 1. The van der Waals surface area contributed by atoms with Crippen molar-refractivity contribution in [1.82, 2.24) is 20.2 Å². The topological polar surface area (TPSA) is 70.6 Å². The van der Waals surface area contributed by atoms with Crippen LogP contribution in [0.15, 0.2) is 30.3 Å². The molecule has 142 valence electrons. The van der Waals surface area contributed by atoms with Crippen LogP contribution in [0.4, 0.5) is 10.6 Å². The van der Waals surface area contributed by atoms with E-state index in [1.54, 1.807) is 0 Å². The summed E-state index contributed by atoms with van der Waals surface area (Å²) < 4.78 is 5.51. The quantitative estimate of drug-likeness (QED) is 0.899. The highest BCUT2D eigenvalue weighted by molar-refractivity contribution is 5.75. The molecule has 7 heteroatoms. The number of rotatable bonds is 3. The third-order valence-electron chi connectivity index (χ3n) is 5.00. The molecule has 0 spiro atoms. The summed E-state index contributed by atoms with van der Waals surface area (Å²) in [5.74, 6) is 1.69. The molecule has 2 amide bonds. The first-order chi connectivity index (χ1) is 13.3. The van der Waals surface area contributed by atoms with Crippen LogP contribution in [0, 0.1) is 0 Å². The molecule has 1 saturated heterocycles. The molecule has 3 heterocycles. The number of aromatic nitrogens is 2. The molecule has 1 aromatic carbocycles. The van der Waals surface area contributed by atoms with E-state index in [0.717, 1.165) is 48.0 Å². The molecule has 7 nitrogen and oxygen atoms in total. The average Bonchev–Trinajstić information content (AvgIpc) is 2.74. The highest BCUT2D eigenvalue weighted by Crippen LogP contribution is 2.30. The second-order valence-electron chi connectivity index (χ2n) is 6.77. The van der Waals surface area contributed by atoms with Gasteiger partial charge in [0.25, 0.3) is 0 Å². The van der Waals surface area contributed by atoms with E-state index < -0.39 is 0 Å². The van der Waals surface area contributed by atoms with E-state index in [2.05, 4.69) is 10.2 Å². The zero-order valence-electron chi connectivity index (χ0n) is 15.6. The standard InChI is InChI=1S/C20H25N5O2/c1-2-21-20(26)25-9-8-17-16(14-25)19(24-10-12-27-13-11-24)23-18(22-17)15-6-4-3-5-7-15/h3-7H,2,8-14H2,1H3,(H,21,26). The van der Waals surface area contributed by atoms with E-state index in [4.69, 9.17) is 14.7 Å². The van der Waals surface area contributed by atoms with Gasteiger partial charge in [-0.25, -0.2) is 14.8 Å². The lowest BCUT2D eigenvalue weighted by Crippen LogP contribution is -2.44. The van der Waals surface area contributed by atoms with E-state index in [0.29, 0.717) is 32.8 Å². The molecule has 4 rings (SSSR count). The highest BCUT2D eigenvalue weighted by Gasteiger charge is 2.28. The van der Waals surface area contributed by atoms with Crippen molar-refractivity contribution in [3.05, 3.63) is 41.6 Å². The molecular formula is C20H25N5O2. The SMILES string of the molecule is CCNC(=O)N1CCc2nc(-c3ccccc3)nc(N3CCOCC3)c2C1. The van der Waals surface area contributed by atoms with Crippen LogP contribution in [0.5, 0.6) is 0 Å². The average molecular weight is 367 g/mol. The molecule has 0 saturated carbocycles. The van der Waals surface area contributed by atoms with Crippen molar-refractivity contribution < 1.29 is 9.53 Å². The lowest BCUT2D eigenvalue weighted by molar-refractivity contribution is 0.122. The van der Waals surface area contributed by atoms with E-state index in [9.17, 15) is 4.79 Å². The molecule has 0 unspecified atom stereocenters. The van der Waals surface area contributed by atoms with Crippen molar-refractivity contribution in [1.29, 1.82) is 0 Å². The summed E-state index contributed by atoms with van der Waals surface area (Å²) in [6.45, 7) is 6.78. The summed E-state index contributed by atoms with van der Waals surface area (Å²) in [7, 11) is 0. The van der Waals surface area contributed by atoms with Gasteiger partial charge in [-0.1, -0.05) is 30.3 Å². The Labute approximate surface area is 159 Å². The Balaban J connectivity index is 1.73. The van der Waals surface area contributed by atoms with Gasteiger partial charge >= 0.3 is 6.03 Å². The van der Waals surface area contributed by atoms with E-state index in [1.807, 2.05) is 42.2 Å². The van der Waals surface area contributed by atoms with Crippen LogP contribution in [-0.4, -0.2) is 60.3 Å². The molecule has 27 heavy (non-hydrogen) atoms. The van der Waals surface area contributed by atoms with Gasteiger partial charge in [-0.3, -0.25) is 0 Å². The predicted octanol–water partition coefficient (Wildman–Crippen LogP) is 2.07. The van der Waals surface area contributed by atoms with Gasteiger partial charge in [-0.15, -0.1) is 0 Å². The normalized spacial score (nSPS) is 16.8. The molecular weight excluding hydrogens is 342 g/mol. The Hall–Kier alpha value is -2.67. The van der Waals surface area contributed by atoms with Crippen LogP contribution < -0.4 is 10.2 Å². The maximum Gasteiger partial charge on any atom is 0.317 e. The van der Waals surface area contributed by atoms with Crippen molar-refractivity contribution in [3.8, 4) is 11.4 Å². The second-order valence-corrected chi connectivity index (χ2v) is 6.77. The van der Waals surface area contributed by atoms with E-state index >= 15 is 0 Å². The first kappa shape index (κ1) is 17.7. The largest absolute Gasteiger partial charge is 0.378 e. The maximum atomic E-state index is 12.3. The fourth-order valence-corrected chi connectivity index (χ4v) is 3.59. The number of benzene rings is 1. The molecule has 0 atom stereocenters. The number of amides is 2. The number of nitrogens with one attached hydrogen (secondary N) is 1. The van der Waals surface area contributed by atoms with Crippen LogP contribution in [0.2, 0.25) is 0 Å². The van der Waals surface area contributed by atoms with Crippen LogP contribution in [-0.2, 0) is 17.7 Å². The molecule has 1 aromatic heterocycles. The number of nitrogens with zero attached hydrogens (tertiary/aromatic N) is 4. The van der Waals surface area contributed by atoms with Gasteiger partial charge in [0.2, 0.25) is 0 Å². The van der Waals surface area contributed by atoms with E-state index in [-0.39, 0.29) is 6.03 Å². The minimum atomic E-state index is -0.0248.